The standard InChI is InChI=1S/C14H15N3O2/c18-13(19)10-5-7-17(8-6-10)14-15-9-11-3-1-2-4-12(11)16-14/h1-4,9-10H,5-8H2,(H,18,19). The highest BCUT2D eigenvalue weighted by Crippen LogP contribution is 2.22. The number of hydrogen-bond acceptors (Lipinski definition) is 4. The molecule has 0 aliphatic carbocycles. The van der Waals surface area contributed by atoms with Crippen LogP contribution in [0.5, 0.6) is 0 Å². The minimum absolute atomic E-state index is 0.225. The third-order valence-electron chi connectivity index (χ3n) is 3.60. The van der Waals surface area contributed by atoms with Crippen molar-refractivity contribution in [3.63, 3.8) is 0 Å². The summed E-state index contributed by atoms with van der Waals surface area (Å²) in [5.74, 6) is -0.224. The highest BCUT2D eigenvalue weighted by Gasteiger charge is 2.25. The second kappa shape index (κ2) is 4.84. The normalized spacial score (nSPS) is 16.7. The van der Waals surface area contributed by atoms with Crippen molar-refractivity contribution in [3.05, 3.63) is 30.5 Å². The number of rotatable bonds is 2. The number of aliphatic carboxylic acids is 1. The predicted octanol–water partition coefficient (Wildman–Crippen LogP) is 1.93. The molecule has 0 radical (unpaired) electrons. The van der Waals surface area contributed by atoms with E-state index >= 15 is 0 Å². The highest BCUT2D eigenvalue weighted by molar-refractivity contribution is 5.78. The lowest BCUT2D eigenvalue weighted by Gasteiger charge is -2.30. The Morgan fingerprint density at radius 1 is 1.26 bits per heavy atom. The average Bonchev–Trinajstić information content (AvgIpc) is 2.47. The Hall–Kier alpha value is -2.17. The number of carbonyl (C=O) groups is 1. The van der Waals surface area contributed by atoms with Crippen molar-refractivity contribution < 1.29 is 9.90 Å². The molecule has 0 spiro atoms. The van der Waals surface area contributed by atoms with Crippen molar-refractivity contribution >= 4 is 22.8 Å². The van der Waals surface area contributed by atoms with E-state index in [1.165, 1.54) is 0 Å². The number of nitrogens with zero attached hydrogens (tertiary/aromatic N) is 3. The molecule has 1 aliphatic rings. The molecule has 1 aromatic heterocycles. The van der Waals surface area contributed by atoms with Crippen LogP contribution >= 0.6 is 0 Å². The first-order chi connectivity index (χ1) is 9.24. The van der Waals surface area contributed by atoms with Crippen LogP contribution in [0.1, 0.15) is 12.8 Å². The number of anilines is 1. The third kappa shape index (κ3) is 2.36. The summed E-state index contributed by atoms with van der Waals surface area (Å²) in [5, 5.41) is 10.0. The first-order valence-corrected chi connectivity index (χ1v) is 6.43. The molecule has 1 fully saturated rings. The molecule has 2 heterocycles. The van der Waals surface area contributed by atoms with Crippen LogP contribution in [0.2, 0.25) is 0 Å². The zero-order valence-corrected chi connectivity index (χ0v) is 10.5. The summed E-state index contributed by atoms with van der Waals surface area (Å²) in [6, 6.07) is 7.86. The molecule has 3 rings (SSSR count). The molecule has 0 unspecified atom stereocenters. The van der Waals surface area contributed by atoms with E-state index in [4.69, 9.17) is 5.11 Å². The minimum atomic E-state index is -0.695. The van der Waals surface area contributed by atoms with Gasteiger partial charge in [0.05, 0.1) is 11.4 Å². The Kier molecular flexibility index (Phi) is 3.03. The molecule has 0 bridgehead atoms. The monoisotopic (exact) mass is 257 g/mol. The van der Waals surface area contributed by atoms with Gasteiger partial charge in [-0.25, -0.2) is 9.97 Å². The van der Waals surface area contributed by atoms with Crippen molar-refractivity contribution in [2.45, 2.75) is 12.8 Å². The summed E-state index contributed by atoms with van der Waals surface area (Å²) in [6.07, 6.45) is 3.14. The lowest BCUT2D eigenvalue weighted by atomic mass is 9.97. The van der Waals surface area contributed by atoms with Crippen molar-refractivity contribution in [1.29, 1.82) is 0 Å². The van der Waals surface area contributed by atoms with Crippen LogP contribution in [0.3, 0.4) is 0 Å². The van der Waals surface area contributed by atoms with E-state index in [1.54, 1.807) is 0 Å². The predicted molar refractivity (Wildman–Crippen MR) is 72.1 cm³/mol. The Morgan fingerprint density at radius 3 is 2.74 bits per heavy atom. The van der Waals surface area contributed by atoms with E-state index in [2.05, 4.69) is 14.9 Å². The molecule has 1 aromatic carbocycles. The Bertz CT molecular complexity index is 606. The van der Waals surface area contributed by atoms with Gasteiger partial charge in [0, 0.05) is 24.7 Å². The lowest BCUT2D eigenvalue weighted by molar-refractivity contribution is -0.142. The molecule has 5 heteroatoms. The van der Waals surface area contributed by atoms with Crippen molar-refractivity contribution in [2.75, 3.05) is 18.0 Å². The smallest absolute Gasteiger partial charge is 0.306 e. The molecule has 5 nitrogen and oxygen atoms in total. The maximum absolute atomic E-state index is 10.9. The SMILES string of the molecule is O=C(O)C1CCN(c2ncc3ccccc3n2)CC1. The maximum Gasteiger partial charge on any atom is 0.306 e. The van der Waals surface area contributed by atoms with Crippen LogP contribution in [0.25, 0.3) is 10.9 Å². The number of piperidine rings is 1. The fraction of sp³-hybridized carbons (Fsp3) is 0.357. The van der Waals surface area contributed by atoms with E-state index in [0.29, 0.717) is 31.9 Å². The van der Waals surface area contributed by atoms with Gasteiger partial charge in [0.1, 0.15) is 0 Å². The van der Waals surface area contributed by atoms with E-state index in [-0.39, 0.29) is 5.92 Å². The van der Waals surface area contributed by atoms with Gasteiger partial charge in [-0.1, -0.05) is 18.2 Å². The van der Waals surface area contributed by atoms with Crippen LogP contribution < -0.4 is 4.90 Å². The first kappa shape index (κ1) is 11.9. The summed E-state index contributed by atoms with van der Waals surface area (Å²) in [7, 11) is 0. The molecular weight excluding hydrogens is 242 g/mol. The fourth-order valence-corrected chi connectivity index (χ4v) is 2.44. The van der Waals surface area contributed by atoms with Crippen molar-refractivity contribution in [3.8, 4) is 0 Å². The Morgan fingerprint density at radius 2 is 2.00 bits per heavy atom. The van der Waals surface area contributed by atoms with Gasteiger partial charge in [-0.15, -0.1) is 0 Å². The van der Waals surface area contributed by atoms with Crippen molar-refractivity contribution in [2.24, 2.45) is 5.92 Å². The number of fused-ring (bicyclic) bond motifs is 1. The Labute approximate surface area is 110 Å². The lowest BCUT2D eigenvalue weighted by Crippen LogP contribution is -2.37. The molecule has 1 N–H and O–H groups in total. The summed E-state index contributed by atoms with van der Waals surface area (Å²) in [4.78, 5) is 21.9. The number of benzene rings is 1. The van der Waals surface area contributed by atoms with Crippen LogP contribution in [0.15, 0.2) is 30.5 Å². The van der Waals surface area contributed by atoms with Gasteiger partial charge in [0.25, 0.3) is 0 Å². The van der Waals surface area contributed by atoms with Crippen molar-refractivity contribution in [1.82, 2.24) is 9.97 Å². The second-order valence-corrected chi connectivity index (χ2v) is 4.83. The van der Waals surface area contributed by atoms with Gasteiger partial charge in [-0.3, -0.25) is 4.79 Å². The molecule has 19 heavy (non-hydrogen) atoms. The number of aromatic nitrogens is 2. The summed E-state index contributed by atoms with van der Waals surface area (Å²) in [5.41, 5.74) is 0.924. The van der Waals surface area contributed by atoms with Crippen LogP contribution in [0.4, 0.5) is 5.95 Å². The zero-order chi connectivity index (χ0) is 13.2. The van der Waals surface area contributed by atoms with E-state index < -0.39 is 5.97 Å². The molecule has 0 saturated carbocycles. The van der Waals surface area contributed by atoms with E-state index in [0.717, 1.165) is 10.9 Å². The molecular formula is C14H15N3O2. The third-order valence-corrected chi connectivity index (χ3v) is 3.60. The molecule has 1 saturated heterocycles. The minimum Gasteiger partial charge on any atom is -0.481 e. The van der Waals surface area contributed by atoms with Gasteiger partial charge in [0.15, 0.2) is 0 Å². The van der Waals surface area contributed by atoms with Crippen LogP contribution in [0, 0.1) is 5.92 Å². The quantitative estimate of drug-likeness (QED) is 0.890. The van der Waals surface area contributed by atoms with Gasteiger partial charge in [-0.05, 0) is 18.9 Å². The number of carboxylic acids is 1. The van der Waals surface area contributed by atoms with Gasteiger partial charge in [-0.2, -0.15) is 0 Å². The maximum atomic E-state index is 10.9. The average molecular weight is 257 g/mol. The summed E-state index contributed by atoms with van der Waals surface area (Å²) < 4.78 is 0. The van der Waals surface area contributed by atoms with Crippen LogP contribution in [-0.4, -0.2) is 34.1 Å². The van der Waals surface area contributed by atoms with Crippen LogP contribution in [-0.2, 0) is 4.79 Å². The van der Waals surface area contributed by atoms with Gasteiger partial charge < -0.3 is 10.0 Å². The van der Waals surface area contributed by atoms with Gasteiger partial charge >= 0.3 is 5.97 Å². The molecule has 1 aliphatic heterocycles. The molecule has 2 aromatic rings. The summed E-state index contributed by atoms with van der Waals surface area (Å²) >= 11 is 0. The van der Waals surface area contributed by atoms with Gasteiger partial charge in [0.2, 0.25) is 5.95 Å². The topological polar surface area (TPSA) is 66.3 Å². The largest absolute Gasteiger partial charge is 0.481 e. The van der Waals surface area contributed by atoms with E-state index in [1.807, 2.05) is 30.5 Å². The number of hydrogen-bond donors (Lipinski definition) is 1. The second-order valence-electron chi connectivity index (χ2n) is 4.83. The first-order valence-electron chi connectivity index (χ1n) is 6.43. The number of para-hydroxylation sites is 1. The molecule has 98 valence electrons. The molecule has 0 atom stereocenters. The van der Waals surface area contributed by atoms with E-state index in [9.17, 15) is 4.79 Å². The Balaban J connectivity index is 1.80. The highest BCUT2D eigenvalue weighted by atomic mass is 16.4. The number of carboxylic acid groups (broad SMARTS) is 1. The zero-order valence-electron chi connectivity index (χ0n) is 10.5. The molecule has 0 amide bonds. The fourth-order valence-electron chi connectivity index (χ4n) is 2.44. The summed E-state index contributed by atoms with van der Waals surface area (Å²) in [6.45, 7) is 1.41.